The standard InChI is InChI=1S/C14H15F3N2S/c1-9(7-18)12-8-20-13(19-12)6-10-4-2-3-5-11(10)14(15,16)17/h2-5,8-9H,6-7,18H2,1H3. The molecule has 1 aromatic carbocycles. The van der Waals surface area contributed by atoms with Crippen LogP contribution in [0.15, 0.2) is 29.6 Å². The lowest BCUT2D eigenvalue weighted by atomic mass is 10.0. The molecule has 0 spiro atoms. The summed E-state index contributed by atoms with van der Waals surface area (Å²) in [5.41, 5.74) is 6.06. The fraction of sp³-hybridized carbons (Fsp3) is 0.357. The maximum absolute atomic E-state index is 12.9. The van der Waals surface area contributed by atoms with Gasteiger partial charge in [-0.15, -0.1) is 11.3 Å². The molecule has 0 saturated carbocycles. The molecular weight excluding hydrogens is 285 g/mol. The minimum absolute atomic E-state index is 0.123. The van der Waals surface area contributed by atoms with Crippen molar-refractivity contribution < 1.29 is 13.2 Å². The van der Waals surface area contributed by atoms with Crippen LogP contribution in [0.1, 0.15) is 34.7 Å². The van der Waals surface area contributed by atoms with Gasteiger partial charge in [0.15, 0.2) is 0 Å². The van der Waals surface area contributed by atoms with Gasteiger partial charge in [-0.1, -0.05) is 25.1 Å². The van der Waals surface area contributed by atoms with Gasteiger partial charge in [0.1, 0.15) is 0 Å². The third-order valence-electron chi connectivity index (χ3n) is 3.09. The van der Waals surface area contributed by atoms with Crippen LogP contribution in [-0.4, -0.2) is 11.5 Å². The van der Waals surface area contributed by atoms with Crippen molar-refractivity contribution >= 4 is 11.3 Å². The lowest BCUT2D eigenvalue weighted by Gasteiger charge is -2.11. The van der Waals surface area contributed by atoms with Gasteiger partial charge in [-0.25, -0.2) is 4.98 Å². The highest BCUT2D eigenvalue weighted by molar-refractivity contribution is 7.09. The van der Waals surface area contributed by atoms with Crippen LogP contribution < -0.4 is 5.73 Å². The summed E-state index contributed by atoms with van der Waals surface area (Å²) in [6, 6.07) is 5.61. The van der Waals surface area contributed by atoms with Crippen LogP contribution in [0.25, 0.3) is 0 Å². The Kier molecular flexibility index (Phi) is 4.45. The zero-order valence-electron chi connectivity index (χ0n) is 10.9. The Morgan fingerprint density at radius 1 is 1.30 bits per heavy atom. The zero-order chi connectivity index (χ0) is 14.8. The van der Waals surface area contributed by atoms with Gasteiger partial charge in [0.05, 0.1) is 16.3 Å². The van der Waals surface area contributed by atoms with Crippen molar-refractivity contribution in [3.63, 3.8) is 0 Å². The number of benzene rings is 1. The van der Waals surface area contributed by atoms with E-state index < -0.39 is 11.7 Å². The molecule has 1 atom stereocenters. The SMILES string of the molecule is CC(CN)c1csc(Cc2ccccc2C(F)(F)F)n1. The van der Waals surface area contributed by atoms with Crippen LogP contribution in [0.4, 0.5) is 13.2 Å². The maximum Gasteiger partial charge on any atom is 0.416 e. The van der Waals surface area contributed by atoms with Gasteiger partial charge >= 0.3 is 6.18 Å². The van der Waals surface area contributed by atoms with Gasteiger partial charge in [-0.2, -0.15) is 13.2 Å². The highest BCUT2D eigenvalue weighted by Gasteiger charge is 2.32. The van der Waals surface area contributed by atoms with Crippen molar-refractivity contribution in [2.45, 2.75) is 25.4 Å². The summed E-state index contributed by atoms with van der Waals surface area (Å²) >= 11 is 1.37. The molecule has 6 heteroatoms. The highest BCUT2D eigenvalue weighted by atomic mass is 32.1. The van der Waals surface area contributed by atoms with E-state index in [1.807, 2.05) is 12.3 Å². The number of rotatable bonds is 4. The number of hydrogen-bond acceptors (Lipinski definition) is 3. The molecule has 0 fully saturated rings. The van der Waals surface area contributed by atoms with Gasteiger partial charge in [-0.05, 0) is 11.6 Å². The van der Waals surface area contributed by atoms with Crippen molar-refractivity contribution in [2.75, 3.05) is 6.54 Å². The van der Waals surface area contributed by atoms with Crippen molar-refractivity contribution in [3.8, 4) is 0 Å². The van der Waals surface area contributed by atoms with E-state index in [0.29, 0.717) is 11.6 Å². The van der Waals surface area contributed by atoms with Crippen LogP contribution in [0, 0.1) is 0 Å². The van der Waals surface area contributed by atoms with E-state index in [1.54, 1.807) is 6.07 Å². The first-order valence-electron chi connectivity index (χ1n) is 6.21. The molecule has 0 aliphatic carbocycles. The molecule has 2 rings (SSSR count). The molecule has 0 aliphatic heterocycles. The van der Waals surface area contributed by atoms with E-state index in [0.717, 1.165) is 11.8 Å². The molecule has 1 heterocycles. The van der Waals surface area contributed by atoms with Crippen molar-refractivity contribution in [3.05, 3.63) is 51.5 Å². The second kappa shape index (κ2) is 5.93. The van der Waals surface area contributed by atoms with Gasteiger partial charge in [0, 0.05) is 24.3 Å². The highest BCUT2D eigenvalue weighted by Crippen LogP contribution is 2.33. The summed E-state index contributed by atoms with van der Waals surface area (Å²) < 4.78 is 38.7. The van der Waals surface area contributed by atoms with E-state index in [2.05, 4.69) is 4.98 Å². The first-order valence-corrected chi connectivity index (χ1v) is 7.09. The molecule has 0 amide bonds. The Morgan fingerprint density at radius 3 is 2.65 bits per heavy atom. The van der Waals surface area contributed by atoms with Gasteiger partial charge < -0.3 is 5.73 Å². The molecule has 108 valence electrons. The summed E-state index contributed by atoms with van der Waals surface area (Å²) in [6.07, 6.45) is -4.14. The van der Waals surface area contributed by atoms with E-state index >= 15 is 0 Å². The first-order chi connectivity index (χ1) is 9.41. The average molecular weight is 300 g/mol. The fourth-order valence-electron chi connectivity index (χ4n) is 1.87. The summed E-state index contributed by atoms with van der Waals surface area (Å²) in [5, 5.41) is 2.54. The quantitative estimate of drug-likeness (QED) is 0.932. The van der Waals surface area contributed by atoms with Crippen LogP contribution in [0.3, 0.4) is 0 Å². The Morgan fingerprint density at radius 2 is 2.00 bits per heavy atom. The Labute approximate surface area is 119 Å². The summed E-state index contributed by atoms with van der Waals surface area (Å²) in [4.78, 5) is 4.37. The summed E-state index contributed by atoms with van der Waals surface area (Å²) in [7, 11) is 0. The molecule has 1 unspecified atom stereocenters. The largest absolute Gasteiger partial charge is 0.416 e. The van der Waals surface area contributed by atoms with Crippen LogP contribution in [0.2, 0.25) is 0 Å². The molecule has 0 radical (unpaired) electrons. The Balaban J connectivity index is 2.25. The number of aromatic nitrogens is 1. The predicted octanol–water partition coefficient (Wildman–Crippen LogP) is 3.81. The van der Waals surface area contributed by atoms with Gasteiger partial charge in [0.25, 0.3) is 0 Å². The minimum Gasteiger partial charge on any atom is -0.330 e. The van der Waals surface area contributed by atoms with E-state index in [4.69, 9.17) is 5.73 Å². The molecular formula is C14H15F3N2S. The van der Waals surface area contributed by atoms with Crippen LogP contribution in [-0.2, 0) is 12.6 Å². The van der Waals surface area contributed by atoms with Crippen molar-refractivity contribution in [1.29, 1.82) is 0 Å². The Hall–Kier alpha value is -1.40. The number of hydrogen-bond donors (Lipinski definition) is 1. The topological polar surface area (TPSA) is 38.9 Å². The van der Waals surface area contributed by atoms with Gasteiger partial charge in [-0.3, -0.25) is 0 Å². The van der Waals surface area contributed by atoms with E-state index in [9.17, 15) is 13.2 Å². The van der Waals surface area contributed by atoms with Crippen molar-refractivity contribution in [1.82, 2.24) is 4.98 Å². The van der Waals surface area contributed by atoms with E-state index in [-0.39, 0.29) is 17.9 Å². The first kappa shape index (κ1) is 15.0. The lowest BCUT2D eigenvalue weighted by Crippen LogP contribution is -2.10. The third-order valence-corrected chi connectivity index (χ3v) is 3.96. The van der Waals surface area contributed by atoms with Crippen LogP contribution >= 0.6 is 11.3 Å². The number of nitrogens with zero attached hydrogens (tertiary/aromatic N) is 1. The normalized spacial score (nSPS) is 13.4. The predicted molar refractivity (Wildman–Crippen MR) is 73.8 cm³/mol. The second-order valence-corrected chi connectivity index (χ2v) is 5.58. The number of thiazole rings is 1. The minimum atomic E-state index is -4.33. The molecule has 0 aliphatic rings. The summed E-state index contributed by atoms with van der Waals surface area (Å²) in [6.45, 7) is 2.42. The van der Waals surface area contributed by atoms with E-state index in [1.165, 1.54) is 23.5 Å². The number of halogens is 3. The van der Waals surface area contributed by atoms with Crippen molar-refractivity contribution in [2.24, 2.45) is 5.73 Å². The molecule has 2 nitrogen and oxygen atoms in total. The molecule has 1 aromatic heterocycles. The zero-order valence-corrected chi connectivity index (χ0v) is 11.8. The fourth-order valence-corrected chi connectivity index (χ4v) is 2.81. The number of alkyl halides is 3. The monoisotopic (exact) mass is 300 g/mol. The lowest BCUT2D eigenvalue weighted by molar-refractivity contribution is -0.138. The maximum atomic E-state index is 12.9. The third kappa shape index (κ3) is 3.37. The average Bonchev–Trinajstić information content (AvgIpc) is 2.86. The number of nitrogens with two attached hydrogens (primary N) is 1. The molecule has 0 saturated heterocycles. The second-order valence-electron chi connectivity index (χ2n) is 4.63. The molecule has 2 aromatic rings. The summed E-state index contributed by atoms with van der Waals surface area (Å²) in [5.74, 6) is 0.123. The van der Waals surface area contributed by atoms with Gasteiger partial charge in [0.2, 0.25) is 0 Å². The smallest absolute Gasteiger partial charge is 0.330 e. The van der Waals surface area contributed by atoms with Crippen LogP contribution in [0.5, 0.6) is 0 Å². The molecule has 20 heavy (non-hydrogen) atoms. The molecule has 0 bridgehead atoms. The Bertz CT molecular complexity index is 578. The molecule has 2 N–H and O–H groups in total.